The van der Waals surface area contributed by atoms with Crippen molar-refractivity contribution in [3.63, 3.8) is 0 Å². The smallest absolute Gasteiger partial charge is 0.399 e. The van der Waals surface area contributed by atoms with Crippen LogP contribution in [0.3, 0.4) is 0 Å². The molecule has 1 aliphatic heterocycles. The molecular weight excluding hydrogens is 529 g/mol. The third-order valence-electron chi connectivity index (χ3n) is 8.65. The third kappa shape index (κ3) is 4.93. The molecule has 7 rings (SSSR count). The molecule has 0 atom stereocenters. The van der Waals surface area contributed by atoms with Crippen LogP contribution in [-0.4, -0.2) is 27.7 Å². The predicted octanol–water partition coefficient (Wildman–Crippen LogP) is 8.44. The van der Waals surface area contributed by atoms with Gasteiger partial charge in [-0.15, -0.1) is 0 Å². The second-order valence-corrected chi connectivity index (χ2v) is 12.0. The highest BCUT2D eigenvalue weighted by Gasteiger charge is 2.51. The Kier molecular flexibility index (Phi) is 6.68. The van der Waals surface area contributed by atoms with Gasteiger partial charge in [-0.25, -0.2) is 4.98 Å². The summed E-state index contributed by atoms with van der Waals surface area (Å²) in [5.41, 5.74) is 8.52. The number of rotatable bonds is 6. The lowest BCUT2D eigenvalue weighted by Crippen LogP contribution is -2.41. The summed E-state index contributed by atoms with van der Waals surface area (Å²) in [5, 5.41) is 0. The lowest BCUT2D eigenvalue weighted by molar-refractivity contribution is 0.00578. The molecule has 0 saturated carbocycles. The Labute approximate surface area is 253 Å². The van der Waals surface area contributed by atoms with E-state index in [4.69, 9.17) is 14.3 Å². The predicted molar refractivity (Wildman–Crippen MR) is 176 cm³/mol. The minimum atomic E-state index is -0.404. The lowest BCUT2D eigenvalue weighted by atomic mass is 9.79. The van der Waals surface area contributed by atoms with Crippen LogP contribution >= 0.6 is 0 Å². The quantitative estimate of drug-likeness (QED) is 0.191. The molecule has 0 amide bonds. The largest absolute Gasteiger partial charge is 0.494 e. The molecule has 1 saturated heterocycles. The van der Waals surface area contributed by atoms with E-state index in [2.05, 4.69) is 152 Å². The molecule has 6 heteroatoms. The first-order chi connectivity index (χ1) is 20.8. The Bertz CT molecular complexity index is 1870. The molecule has 6 aromatic rings. The Hall–Kier alpha value is -4.65. The summed E-state index contributed by atoms with van der Waals surface area (Å²) in [6, 6.07) is 44.2. The minimum Gasteiger partial charge on any atom is -0.399 e. The van der Waals surface area contributed by atoms with Gasteiger partial charge in [0.1, 0.15) is 5.65 Å². The van der Waals surface area contributed by atoms with Crippen LogP contribution in [-0.2, 0) is 9.31 Å². The fraction of sp³-hybridized carbons (Fsp3) is 0.162. The van der Waals surface area contributed by atoms with Crippen molar-refractivity contribution in [1.29, 1.82) is 0 Å². The minimum absolute atomic E-state index is 0.386. The van der Waals surface area contributed by atoms with Gasteiger partial charge in [0.25, 0.3) is 0 Å². The highest BCUT2D eigenvalue weighted by atomic mass is 16.7. The molecule has 0 N–H and O–H groups in total. The van der Waals surface area contributed by atoms with Gasteiger partial charge in [0.2, 0.25) is 0 Å². The number of hydrogen-bond acceptors (Lipinski definition) is 4. The fourth-order valence-electron chi connectivity index (χ4n) is 5.65. The molecule has 0 aliphatic carbocycles. The average molecular weight is 564 g/mol. The number of nitrogens with zero attached hydrogens (tertiary/aromatic N) is 3. The van der Waals surface area contributed by atoms with E-state index in [1.807, 2.05) is 18.2 Å². The van der Waals surface area contributed by atoms with Crippen molar-refractivity contribution in [2.75, 3.05) is 4.90 Å². The van der Waals surface area contributed by atoms with Crippen LogP contribution < -0.4 is 10.4 Å². The van der Waals surface area contributed by atoms with Crippen molar-refractivity contribution in [3.05, 3.63) is 134 Å². The molecule has 5 nitrogen and oxygen atoms in total. The summed E-state index contributed by atoms with van der Waals surface area (Å²) in [6.07, 6.45) is 2.08. The maximum absolute atomic E-state index is 6.32. The summed E-state index contributed by atoms with van der Waals surface area (Å²) in [6.45, 7) is 8.33. The molecule has 0 spiro atoms. The van der Waals surface area contributed by atoms with E-state index in [1.54, 1.807) is 0 Å². The first-order valence-electron chi connectivity index (χ1n) is 14.7. The molecule has 1 fully saturated rings. The van der Waals surface area contributed by atoms with Gasteiger partial charge in [0.05, 0.1) is 22.6 Å². The normalized spacial score (nSPS) is 15.6. The van der Waals surface area contributed by atoms with E-state index in [1.165, 1.54) is 0 Å². The topological polar surface area (TPSA) is 39.0 Å². The van der Waals surface area contributed by atoms with Crippen LogP contribution in [0.1, 0.15) is 27.7 Å². The molecule has 1 aliphatic rings. The summed E-state index contributed by atoms with van der Waals surface area (Å²) < 4.78 is 14.8. The second-order valence-electron chi connectivity index (χ2n) is 12.0. The van der Waals surface area contributed by atoms with Crippen LogP contribution in [0.25, 0.3) is 28.2 Å². The molecule has 2 aromatic heterocycles. The Morgan fingerprint density at radius 2 is 1.19 bits per heavy atom. The van der Waals surface area contributed by atoms with Gasteiger partial charge in [0, 0.05) is 34.4 Å². The SMILES string of the molecule is CC1(C)OB(c2ccc(N(c3ccccc3)c3cccc(-c4c(-c5ccccc5)nc5ccccn45)c3)cc2)OC1(C)C. The zero-order valence-electron chi connectivity index (χ0n) is 24.9. The van der Waals surface area contributed by atoms with Crippen molar-refractivity contribution in [2.45, 2.75) is 38.9 Å². The van der Waals surface area contributed by atoms with Crippen molar-refractivity contribution < 1.29 is 9.31 Å². The van der Waals surface area contributed by atoms with Gasteiger partial charge < -0.3 is 14.2 Å². The number of fused-ring (bicyclic) bond motifs is 1. The van der Waals surface area contributed by atoms with E-state index in [0.29, 0.717) is 0 Å². The Morgan fingerprint density at radius 1 is 0.605 bits per heavy atom. The van der Waals surface area contributed by atoms with E-state index in [0.717, 1.165) is 50.7 Å². The first-order valence-corrected chi connectivity index (χ1v) is 14.7. The lowest BCUT2D eigenvalue weighted by Gasteiger charge is -2.32. The molecule has 0 radical (unpaired) electrons. The van der Waals surface area contributed by atoms with Gasteiger partial charge in [-0.3, -0.25) is 4.40 Å². The van der Waals surface area contributed by atoms with Crippen LogP contribution in [0.4, 0.5) is 17.1 Å². The summed E-state index contributed by atoms with van der Waals surface area (Å²) >= 11 is 0. The van der Waals surface area contributed by atoms with Gasteiger partial charge in [-0.2, -0.15) is 0 Å². The zero-order chi connectivity index (χ0) is 29.6. The number of aromatic nitrogens is 2. The van der Waals surface area contributed by atoms with E-state index < -0.39 is 7.12 Å². The monoisotopic (exact) mass is 563 g/mol. The van der Waals surface area contributed by atoms with Gasteiger partial charge in [-0.05, 0) is 81.7 Å². The fourth-order valence-corrected chi connectivity index (χ4v) is 5.65. The number of anilines is 3. The molecule has 0 bridgehead atoms. The van der Waals surface area contributed by atoms with E-state index in [9.17, 15) is 0 Å². The van der Waals surface area contributed by atoms with Crippen molar-refractivity contribution in [2.24, 2.45) is 0 Å². The summed E-state index contributed by atoms with van der Waals surface area (Å²) in [4.78, 5) is 7.32. The molecule has 0 unspecified atom stereocenters. The van der Waals surface area contributed by atoms with Crippen LogP contribution in [0.15, 0.2) is 134 Å². The third-order valence-corrected chi connectivity index (χ3v) is 8.65. The maximum Gasteiger partial charge on any atom is 0.494 e. The van der Waals surface area contributed by atoms with E-state index in [-0.39, 0.29) is 11.2 Å². The second kappa shape index (κ2) is 10.6. The molecule has 212 valence electrons. The van der Waals surface area contributed by atoms with Crippen LogP contribution in [0, 0.1) is 0 Å². The molecular formula is C37H34BN3O2. The van der Waals surface area contributed by atoms with Crippen LogP contribution in [0.5, 0.6) is 0 Å². The number of hydrogen-bond donors (Lipinski definition) is 0. The van der Waals surface area contributed by atoms with Gasteiger partial charge in [0.15, 0.2) is 0 Å². The summed E-state index contributed by atoms with van der Waals surface area (Å²) in [7, 11) is -0.404. The highest BCUT2D eigenvalue weighted by Crippen LogP contribution is 2.40. The van der Waals surface area contributed by atoms with Gasteiger partial charge >= 0.3 is 7.12 Å². The maximum atomic E-state index is 6.32. The number of para-hydroxylation sites is 1. The zero-order valence-corrected chi connectivity index (χ0v) is 24.9. The van der Waals surface area contributed by atoms with Crippen LogP contribution in [0.2, 0.25) is 0 Å². The molecule has 3 heterocycles. The highest BCUT2D eigenvalue weighted by molar-refractivity contribution is 6.62. The first kappa shape index (κ1) is 27.2. The van der Waals surface area contributed by atoms with Crippen molar-refractivity contribution in [1.82, 2.24) is 9.38 Å². The standard InChI is InChI=1S/C37H34BN3O2/c1-36(2)37(3,4)43-38(42-36)29-21-23-31(24-22-29)41(30-17-9-6-10-18-30)32-19-13-16-28(26-32)35-34(27-14-7-5-8-15-27)39-33-20-11-12-25-40(33)35/h5-26H,1-4H3. The Morgan fingerprint density at radius 3 is 1.88 bits per heavy atom. The summed E-state index contributed by atoms with van der Waals surface area (Å²) in [5.74, 6) is 0. The number of benzene rings is 4. The number of pyridine rings is 1. The Balaban J connectivity index is 1.32. The molecule has 4 aromatic carbocycles. The number of imidazole rings is 1. The van der Waals surface area contributed by atoms with Crippen molar-refractivity contribution in [3.8, 4) is 22.5 Å². The average Bonchev–Trinajstić information content (AvgIpc) is 3.52. The molecule has 43 heavy (non-hydrogen) atoms. The van der Waals surface area contributed by atoms with E-state index >= 15 is 0 Å². The van der Waals surface area contributed by atoms with Crippen molar-refractivity contribution >= 4 is 35.3 Å². The van der Waals surface area contributed by atoms with Gasteiger partial charge in [-0.1, -0.05) is 78.9 Å².